The molecule has 2 unspecified atom stereocenters. The standard InChI is InChI=1S/C28H26N4O4/c1-4-35-20-11-7-6-10-19(20)27-24-25(18-9-5-8-12-21(18)36-27)31-28-29-16-30-32(28)26(24)17-13-14-22(33-2)23(15-17)34-3/h5-16,26-27H,4H2,1-3H3,(H,29,30,31). The van der Waals surface area contributed by atoms with E-state index in [9.17, 15) is 0 Å². The van der Waals surface area contributed by atoms with Crippen LogP contribution in [-0.2, 0) is 0 Å². The van der Waals surface area contributed by atoms with Crippen molar-refractivity contribution in [2.75, 3.05) is 26.1 Å². The summed E-state index contributed by atoms with van der Waals surface area (Å²) < 4.78 is 25.8. The summed E-state index contributed by atoms with van der Waals surface area (Å²) in [4.78, 5) is 4.50. The normalized spacial score (nSPS) is 17.8. The van der Waals surface area contributed by atoms with Gasteiger partial charge in [-0.3, -0.25) is 0 Å². The molecule has 0 saturated heterocycles. The van der Waals surface area contributed by atoms with Gasteiger partial charge in [-0.1, -0.05) is 36.4 Å². The molecule has 2 atom stereocenters. The number of hydrogen-bond donors (Lipinski definition) is 1. The van der Waals surface area contributed by atoms with Crippen molar-refractivity contribution in [3.05, 3.63) is 95.3 Å². The lowest BCUT2D eigenvalue weighted by Crippen LogP contribution is -2.32. The zero-order valence-corrected chi connectivity index (χ0v) is 20.3. The number of anilines is 1. The fraction of sp³-hybridized carbons (Fsp3) is 0.214. The van der Waals surface area contributed by atoms with E-state index < -0.39 is 6.10 Å². The molecule has 3 aromatic carbocycles. The molecule has 182 valence electrons. The summed E-state index contributed by atoms with van der Waals surface area (Å²) in [6.07, 6.45) is 1.13. The number of nitrogens with one attached hydrogen (secondary N) is 1. The first-order valence-corrected chi connectivity index (χ1v) is 11.8. The minimum absolute atomic E-state index is 0.313. The second kappa shape index (κ2) is 8.96. The Hall–Kier alpha value is -4.46. The van der Waals surface area contributed by atoms with E-state index in [0.29, 0.717) is 24.1 Å². The predicted molar refractivity (Wildman–Crippen MR) is 136 cm³/mol. The zero-order chi connectivity index (χ0) is 24.6. The summed E-state index contributed by atoms with van der Waals surface area (Å²) in [6.45, 7) is 2.53. The minimum atomic E-state index is -0.430. The number of nitrogens with zero attached hydrogens (tertiary/aromatic N) is 3. The molecular weight excluding hydrogens is 456 g/mol. The Labute approximate surface area is 209 Å². The molecule has 1 N–H and O–H groups in total. The molecule has 0 spiro atoms. The van der Waals surface area contributed by atoms with Crippen LogP contribution in [0.2, 0.25) is 0 Å². The second-order valence-corrected chi connectivity index (χ2v) is 8.47. The topological polar surface area (TPSA) is 79.7 Å². The van der Waals surface area contributed by atoms with Gasteiger partial charge in [-0.2, -0.15) is 10.1 Å². The van der Waals surface area contributed by atoms with E-state index in [1.165, 1.54) is 0 Å². The number of hydrogen-bond acceptors (Lipinski definition) is 7. The highest BCUT2D eigenvalue weighted by Crippen LogP contribution is 2.52. The maximum Gasteiger partial charge on any atom is 0.226 e. The van der Waals surface area contributed by atoms with Crippen molar-refractivity contribution in [1.29, 1.82) is 0 Å². The lowest BCUT2D eigenvalue weighted by Gasteiger charge is -2.39. The average molecular weight is 483 g/mol. The van der Waals surface area contributed by atoms with Gasteiger partial charge in [-0.25, -0.2) is 4.68 Å². The third-order valence-electron chi connectivity index (χ3n) is 6.55. The van der Waals surface area contributed by atoms with Crippen molar-refractivity contribution < 1.29 is 18.9 Å². The quantitative estimate of drug-likeness (QED) is 0.402. The predicted octanol–water partition coefficient (Wildman–Crippen LogP) is 5.25. The van der Waals surface area contributed by atoms with Gasteiger partial charge in [0, 0.05) is 16.7 Å². The van der Waals surface area contributed by atoms with Crippen LogP contribution in [0.4, 0.5) is 5.95 Å². The number of ether oxygens (including phenoxy) is 4. The molecule has 3 heterocycles. The smallest absolute Gasteiger partial charge is 0.226 e. The van der Waals surface area contributed by atoms with Crippen LogP contribution in [0, 0.1) is 0 Å². The summed E-state index contributed by atoms with van der Waals surface area (Å²) >= 11 is 0. The summed E-state index contributed by atoms with van der Waals surface area (Å²) in [7, 11) is 3.27. The fourth-order valence-corrected chi connectivity index (χ4v) is 5.00. The van der Waals surface area contributed by atoms with Crippen molar-refractivity contribution >= 4 is 11.6 Å². The van der Waals surface area contributed by atoms with Crippen LogP contribution >= 0.6 is 0 Å². The highest BCUT2D eigenvalue weighted by atomic mass is 16.5. The van der Waals surface area contributed by atoms with Crippen LogP contribution in [0.3, 0.4) is 0 Å². The largest absolute Gasteiger partial charge is 0.493 e. The molecule has 0 amide bonds. The molecule has 0 saturated carbocycles. The Kier molecular flexibility index (Phi) is 5.48. The molecule has 0 aliphatic carbocycles. The number of aromatic nitrogens is 3. The Bertz CT molecular complexity index is 1460. The van der Waals surface area contributed by atoms with E-state index in [1.807, 2.05) is 66.2 Å². The van der Waals surface area contributed by atoms with Crippen LogP contribution in [0.25, 0.3) is 5.70 Å². The van der Waals surface area contributed by atoms with Crippen molar-refractivity contribution in [3.8, 4) is 23.0 Å². The van der Waals surface area contributed by atoms with Crippen LogP contribution in [0.5, 0.6) is 23.0 Å². The zero-order valence-electron chi connectivity index (χ0n) is 20.3. The van der Waals surface area contributed by atoms with Gasteiger partial charge in [0.2, 0.25) is 5.95 Å². The van der Waals surface area contributed by atoms with Crippen LogP contribution in [-0.4, -0.2) is 35.6 Å². The third-order valence-corrected chi connectivity index (χ3v) is 6.55. The SMILES string of the molecule is CCOc1ccccc1C1Oc2ccccc2C2=C1C(c1ccc(OC)c(OC)c1)n1ncnc1N2. The van der Waals surface area contributed by atoms with E-state index in [-0.39, 0.29) is 6.04 Å². The molecule has 8 heteroatoms. The first kappa shape index (κ1) is 22.0. The molecule has 4 aromatic rings. The van der Waals surface area contributed by atoms with E-state index in [0.717, 1.165) is 39.5 Å². The van der Waals surface area contributed by atoms with Gasteiger partial charge in [-0.15, -0.1) is 0 Å². The van der Waals surface area contributed by atoms with Crippen molar-refractivity contribution in [2.24, 2.45) is 0 Å². The molecule has 6 rings (SSSR count). The summed E-state index contributed by atoms with van der Waals surface area (Å²) in [5.41, 5.74) is 4.84. The van der Waals surface area contributed by atoms with E-state index >= 15 is 0 Å². The number of benzene rings is 3. The summed E-state index contributed by atoms with van der Waals surface area (Å²) in [6, 6.07) is 21.6. The first-order valence-electron chi connectivity index (χ1n) is 11.8. The molecule has 36 heavy (non-hydrogen) atoms. The van der Waals surface area contributed by atoms with Gasteiger partial charge < -0.3 is 24.3 Å². The maximum atomic E-state index is 6.72. The molecule has 8 nitrogen and oxygen atoms in total. The van der Waals surface area contributed by atoms with Crippen molar-refractivity contribution in [1.82, 2.24) is 14.8 Å². The van der Waals surface area contributed by atoms with Crippen LogP contribution in [0.15, 0.2) is 78.6 Å². The Morgan fingerprint density at radius 1 is 0.944 bits per heavy atom. The van der Waals surface area contributed by atoms with Gasteiger partial charge in [0.25, 0.3) is 0 Å². The number of rotatable bonds is 6. The minimum Gasteiger partial charge on any atom is -0.493 e. The molecule has 2 aliphatic rings. The number of fused-ring (bicyclic) bond motifs is 3. The maximum absolute atomic E-state index is 6.72. The fourth-order valence-electron chi connectivity index (χ4n) is 5.00. The highest BCUT2D eigenvalue weighted by molar-refractivity contribution is 5.85. The van der Waals surface area contributed by atoms with Gasteiger partial charge in [-0.05, 0) is 42.8 Å². The Morgan fingerprint density at radius 2 is 1.75 bits per heavy atom. The molecular formula is C28H26N4O4. The lowest BCUT2D eigenvalue weighted by atomic mass is 9.84. The number of para-hydroxylation sites is 2. The van der Waals surface area contributed by atoms with E-state index in [1.54, 1.807) is 20.5 Å². The number of methoxy groups -OCH3 is 2. The van der Waals surface area contributed by atoms with Gasteiger partial charge in [0.15, 0.2) is 17.6 Å². The van der Waals surface area contributed by atoms with Crippen LogP contribution < -0.4 is 24.3 Å². The molecule has 2 aliphatic heterocycles. The Balaban J connectivity index is 1.62. The van der Waals surface area contributed by atoms with Gasteiger partial charge in [0.05, 0.1) is 26.5 Å². The molecule has 0 fully saturated rings. The van der Waals surface area contributed by atoms with Crippen molar-refractivity contribution in [2.45, 2.75) is 19.1 Å². The molecule has 0 bridgehead atoms. The lowest BCUT2D eigenvalue weighted by molar-refractivity contribution is 0.215. The summed E-state index contributed by atoms with van der Waals surface area (Å²) in [5, 5.41) is 8.13. The highest BCUT2D eigenvalue weighted by Gasteiger charge is 2.42. The monoisotopic (exact) mass is 482 g/mol. The third kappa shape index (κ3) is 3.45. The Morgan fingerprint density at radius 3 is 2.58 bits per heavy atom. The van der Waals surface area contributed by atoms with Gasteiger partial charge in [0.1, 0.15) is 23.9 Å². The second-order valence-electron chi connectivity index (χ2n) is 8.47. The molecule has 1 aromatic heterocycles. The van der Waals surface area contributed by atoms with E-state index in [2.05, 4.69) is 27.5 Å². The van der Waals surface area contributed by atoms with Gasteiger partial charge >= 0.3 is 0 Å². The summed E-state index contributed by atoms with van der Waals surface area (Å²) in [5.74, 6) is 3.53. The average Bonchev–Trinajstić information content (AvgIpc) is 3.40. The van der Waals surface area contributed by atoms with Crippen LogP contribution in [0.1, 0.15) is 35.8 Å². The van der Waals surface area contributed by atoms with Crippen molar-refractivity contribution in [3.63, 3.8) is 0 Å². The molecule has 0 radical (unpaired) electrons. The van der Waals surface area contributed by atoms with E-state index in [4.69, 9.17) is 18.9 Å². The first-order chi connectivity index (χ1) is 17.7.